The van der Waals surface area contributed by atoms with Crippen LogP contribution < -0.4 is 0 Å². The molecule has 0 spiro atoms. The number of carbonyl (C=O) groups is 2. The molecule has 5 nitrogen and oxygen atoms in total. The molecular weight excluding hydrogens is 256 g/mol. The van der Waals surface area contributed by atoms with Crippen LogP contribution in [0.5, 0.6) is 0 Å². The number of piperidine rings is 1. The molecule has 0 bridgehead atoms. The number of carbonyl (C=O) groups excluding carboxylic acids is 2. The van der Waals surface area contributed by atoms with Crippen molar-refractivity contribution in [3.8, 4) is 0 Å². The van der Waals surface area contributed by atoms with E-state index in [1.807, 2.05) is 34.7 Å². The summed E-state index contributed by atoms with van der Waals surface area (Å²) in [7, 11) is 1.85. The van der Waals surface area contributed by atoms with Gasteiger partial charge in [-0.05, 0) is 39.5 Å². The molecule has 0 N–H and O–H groups in total. The SMILES string of the molecule is CCC(=O)N(C)CC1CCN(C(=O)OC(C)(C)C)CC1. The molecule has 1 saturated heterocycles. The summed E-state index contributed by atoms with van der Waals surface area (Å²) in [6.45, 7) is 9.73. The first-order chi connectivity index (χ1) is 9.23. The number of rotatable bonds is 3. The summed E-state index contributed by atoms with van der Waals surface area (Å²) in [6, 6.07) is 0. The van der Waals surface area contributed by atoms with Gasteiger partial charge in [0.05, 0.1) is 0 Å². The zero-order valence-electron chi connectivity index (χ0n) is 13.4. The largest absolute Gasteiger partial charge is 0.444 e. The van der Waals surface area contributed by atoms with Gasteiger partial charge < -0.3 is 14.5 Å². The zero-order valence-corrected chi connectivity index (χ0v) is 13.4. The zero-order chi connectivity index (χ0) is 15.3. The molecule has 1 aliphatic rings. The Bertz CT molecular complexity index is 342. The molecule has 0 unspecified atom stereocenters. The minimum atomic E-state index is -0.443. The van der Waals surface area contributed by atoms with Gasteiger partial charge in [-0.2, -0.15) is 0 Å². The van der Waals surface area contributed by atoms with E-state index >= 15 is 0 Å². The molecule has 2 amide bonds. The van der Waals surface area contributed by atoms with E-state index in [-0.39, 0.29) is 12.0 Å². The van der Waals surface area contributed by atoms with Gasteiger partial charge in [0.1, 0.15) is 5.60 Å². The monoisotopic (exact) mass is 284 g/mol. The third-order valence-electron chi connectivity index (χ3n) is 3.53. The molecule has 1 rings (SSSR count). The number of nitrogens with zero attached hydrogens (tertiary/aromatic N) is 2. The average molecular weight is 284 g/mol. The summed E-state index contributed by atoms with van der Waals surface area (Å²) in [5, 5.41) is 0. The fourth-order valence-corrected chi connectivity index (χ4v) is 2.38. The van der Waals surface area contributed by atoms with Gasteiger partial charge in [-0.3, -0.25) is 4.79 Å². The van der Waals surface area contributed by atoms with E-state index < -0.39 is 5.60 Å². The predicted octanol–water partition coefficient (Wildman–Crippen LogP) is 2.50. The second-order valence-corrected chi connectivity index (χ2v) is 6.54. The number of ether oxygens (including phenoxy) is 1. The van der Waals surface area contributed by atoms with Crippen molar-refractivity contribution in [2.75, 3.05) is 26.7 Å². The third kappa shape index (κ3) is 5.39. The maximum absolute atomic E-state index is 11.9. The van der Waals surface area contributed by atoms with Crippen LogP contribution in [0, 0.1) is 5.92 Å². The minimum absolute atomic E-state index is 0.180. The van der Waals surface area contributed by atoms with E-state index in [9.17, 15) is 9.59 Å². The molecule has 20 heavy (non-hydrogen) atoms. The fourth-order valence-electron chi connectivity index (χ4n) is 2.38. The lowest BCUT2D eigenvalue weighted by Crippen LogP contribution is -2.44. The number of hydrogen-bond acceptors (Lipinski definition) is 3. The lowest BCUT2D eigenvalue weighted by molar-refractivity contribution is -0.130. The van der Waals surface area contributed by atoms with Crippen molar-refractivity contribution in [2.24, 2.45) is 5.92 Å². The van der Waals surface area contributed by atoms with Gasteiger partial charge in [0.2, 0.25) is 5.91 Å². The van der Waals surface area contributed by atoms with Crippen LogP contribution in [-0.2, 0) is 9.53 Å². The Morgan fingerprint density at radius 1 is 1.25 bits per heavy atom. The van der Waals surface area contributed by atoms with Crippen LogP contribution in [0.15, 0.2) is 0 Å². The van der Waals surface area contributed by atoms with Crippen molar-refractivity contribution in [3.63, 3.8) is 0 Å². The van der Waals surface area contributed by atoms with Crippen LogP contribution in [0.2, 0.25) is 0 Å². The Kier molecular flexibility index (Phi) is 5.84. The van der Waals surface area contributed by atoms with Gasteiger partial charge >= 0.3 is 6.09 Å². The molecule has 0 aromatic heterocycles. The van der Waals surface area contributed by atoms with Gasteiger partial charge in [0.25, 0.3) is 0 Å². The van der Waals surface area contributed by atoms with Gasteiger partial charge in [-0.25, -0.2) is 4.79 Å². The van der Waals surface area contributed by atoms with E-state index in [0.717, 1.165) is 19.4 Å². The second-order valence-electron chi connectivity index (χ2n) is 6.54. The maximum Gasteiger partial charge on any atom is 0.410 e. The minimum Gasteiger partial charge on any atom is -0.444 e. The van der Waals surface area contributed by atoms with Gasteiger partial charge in [-0.1, -0.05) is 6.92 Å². The Labute approximate surface area is 122 Å². The molecule has 0 aromatic rings. The van der Waals surface area contributed by atoms with E-state index in [1.54, 1.807) is 9.80 Å². The Morgan fingerprint density at radius 3 is 2.25 bits per heavy atom. The highest BCUT2D eigenvalue weighted by molar-refractivity contribution is 5.75. The molecular formula is C15H28N2O3. The van der Waals surface area contributed by atoms with Crippen molar-refractivity contribution in [1.29, 1.82) is 0 Å². The normalized spacial score (nSPS) is 16.9. The molecule has 0 aliphatic carbocycles. The van der Waals surface area contributed by atoms with E-state index in [2.05, 4.69) is 0 Å². The van der Waals surface area contributed by atoms with Crippen LogP contribution in [0.4, 0.5) is 4.79 Å². The first-order valence-electron chi connectivity index (χ1n) is 7.45. The average Bonchev–Trinajstić information content (AvgIpc) is 2.36. The van der Waals surface area contributed by atoms with Gasteiger partial charge in [-0.15, -0.1) is 0 Å². The number of likely N-dealkylation sites (tertiary alicyclic amines) is 1. The summed E-state index contributed by atoms with van der Waals surface area (Å²) in [6.07, 6.45) is 2.18. The van der Waals surface area contributed by atoms with E-state index in [0.29, 0.717) is 25.4 Å². The van der Waals surface area contributed by atoms with Crippen LogP contribution in [0.1, 0.15) is 47.0 Å². The summed E-state index contributed by atoms with van der Waals surface area (Å²) in [4.78, 5) is 27.1. The molecule has 1 aliphatic heterocycles. The molecule has 0 aromatic carbocycles. The lowest BCUT2D eigenvalue weighted by Gasteiger charge is -2.34. The van der Waals surface area contributed by atoms with Gasteiger partial charge in [0.15, 0.2) is 0 Å². The van der Waals surface area contributed by atoms with Crippen molar-refractivity contribution < 1.29 is 14.3 Å². The van der Waals surface area contributed by atoms with Crippen molar-refractivity contribution in [3.05, 3.63) is 0 Å². The van der Waals surface area contributed by atoms with Crippen LogP contribution in [0.3, 0.4) is 0 Å². The maximum atomic E-state index is 11.9. The topological polar surface area (TPSA) is 49.9 Å². The predicted molar refractivity (Wildman–Crippen MR) is 78.5 cm³/mol. The summed E-state index contributed by atoms with van der Waals surface area (Å²) in [5.41, 5.74) is -0.443. The Balaban J connectivity index is 2.36. The highest BCUT2D eigenvalue weighted by Gasteiger charge is 2.27. The summed E-state index contributed by atoms with van der Waals surface area (Å²) in [5.74, 6) is 0.661. The van der Waals surface area contributed by atoms with Crippen molar-refractivity contribution >= 4 is 12.0 Å². The quantitative estimate of drug-likeness (QED) is 0.800. The van der Waals surface area contributed by atoms with Crippen LogP contribution in [0.25, 0.3) is 0 Å². The first kappa shape index (κ1) is 16.8. The highest BCUT2D eigenvalue weighted by atomic mass is 16.6. The number of hydrogen-bond donors (Lipinski definition) is 0. The van der Waals surface area contributed by atoms with Crippen molar-refractivity contribution in [1.82, 2.24) is 9.80 Å². The summed E-state index contributed by atoms with van der Waals surface area (Å²) < 4.78 is 5.37. The van der Waals surface area contributed by atoms with Crippen LogP contribution >= 0.6 is 0 Å². The fraction of sp³-hybridized carbons (Fsp3) is 0.867. The van der Waals surface area contributed by atoms with E-state index in [1.165, 1.54) is 0 Å². The Hall–Kier alpha value is -1.26. The second kappa shape index (κ2) is 6.95. The lowest BCUT2D eigenvalue weighted by atomic mass is 9.96. The van der Waals surface area contributed by atoms with Gasteiger partial charge in [0, 0.05) is 33.1 Å². The molecule has 0 saturated carbocycles. The smallest absolute Gasteiger partial charge is 0.410 e. The van der Waals surface area contributed by atoms with E-state index in [4.69, 9.17) is 4.74 Å². The number of amides is 2. The molecule has 116 valence electrons. The molecule has 1 heterocycles. The third-order valence-corrected chi connectivity index (χ3v) is 3.53. The van der Waals surface area contributed by atoms with Crippen molar-refractivity contribution in [2.45, 2.75) is 52.6 Å². The molecule has 5 heteroatoms. The Morgan fingerprint density at radius 2 is 1.80 bits per heavy atom. The summed E-state index contributed by atoms with van der Waals surface area (Å²) >= 11 is 0. The molecule has 1 fully saturated rings. The highest BCUT2D eigenvalue weighted by Crippen LogP contribution is 2.20. The first-order valence-corrected chi connectivity index (χ1v) is 7.45. The molecule has 0 radical (unpaired) electrons. The standard InChI is InChI=1S/C15H28N2O3/c1-6-13(18)16(5)11-12-7-9-17(10-8-12)14(19)20-15(2,3)4/h12H,6-11H2,1-5H3. The molecule has 0 atom stereocenters. The van der Waals surface area contributed by atoms with Crippen LogP contribution in [-0.4, -0.2) is 54.1 Å².